The van der Waals surface area contributed by atoms with E-state index in [0.29, 0.717) is 5.91 Å². The van der Waals surface area contributed by atoms with E-state index >= 15 is 0 Å². The maximum absolute atomic E-state index is 12.6. The van der Waals surface area contributed by atoms with Gasteiger partial charge >= 0.3 is 0 Å². The molecule has 4 nitrogen and oxygen atoms in total. The van der Waals surface area contributed by atoms with Crippen LogP contribution in [0.15, 0.2) is 24.3 Å². The minimum atomic E-state index is 0.215. The zero-order chi connectivity index (χ0) is 18.1. The van der Waals surface area contributed by atoms with Gasteiger partial charge in [-0.1, -0.05) is 23.7 Å². The maximum Gasteiger partial charge on any atom is 0.223 e. The van der Waals surface area contributed by atoms with Crippen LogP contribution in [0.2, 0.25) is 5.02 Å². The largest absolute Gasteiger partial charge is 0.338 e. The monoisotopic (exact) mass is 375 g/mol. The number of carbonyl (C=O) groups is 1. The molecule has 142 valence electrons. The first-order valence-corrected chi connectivity index (χ1v) is 10.3. The first-order valence-electron chi connectivity index (χ1n) is 9.94. The van der Waals surface area contributed by atoms with Crippen LogP contribution < -0.4 is 0 Å². The number of piperidine rings is 1. The number of nitrogens with zero attached hydrogens (tertiary/aromatic N) is 3. The molecule has 0 bridgehead atoms. The lowest BCUT2D eigenvalue weighted by Crippen LogP contribution is -2.43. The summed E-state index contributed by atoms with van der Waals surface area (Å²) in [4.78, 5) is 19.7. The van der Waals surface area contributed by atoms with Gasteiger partial charge in [0.15, 0.2) is 0 Å². The van der Waals surface area contributed by atoms with Gasteiger partial charge < -0.3 is 14.7 Å². The number of likely N-dealkylation sites (tertiary alicyclic amines) is 3. The molecule has 1 spiro atoms. The quantitative estimate of drug-likeness (QED) is 0.809. The van der Waals surface area contributed by atoms with E-state index in [1.807, 2.05) is 24.3 Å². The molecule has 3 saturated heterocycles. The van der Waals surface area contributed by atoms with E-state index in [1.165, 1.54) is 44.5 Å². The standard InChI is InChI=1S/C21H30ClN3O/c1-23-9-6-18(13-23)14-24-10-7-21(8-11-24)12-20(26)25(16-21)15-17-2-4-19(22)5-3-17/h2-5,18H,6-16H2,1H3/t18-/m0/s1. The fraction of sp³-hybridized carbons (Fsp3) is 0.667. The van der Waals surface area contributed by atoms with Crippen LogP contribution in [-0.2, 0) is 11.3 Å². The fourth-order valence-corrected chi connectivity index (χ4v) is 5.15. The van der Waals surface area contributed by atoms with Crippen LogP contribution in [-0.4, -0.2) is 66.9 Å². The Bertz CT molecular complexity index is 639. The zero-order valence-corrected chi connectivity index (χ0v) is 16.5. The Morgan fingerprint density at radius 2 is 1.88 bits per heavy atom. The van der Waals surface area contributed by atoms with Crippen molar-refractivity contribution in [2.24, 2.45) is 11.3 Å². The third-order valence-electron chi connectivity index (χ3n) is 6.61. The number of benzene rings is 1. The Hall–Kier alpha value is -1.10. The lowest BCUT2D eigenvalue weighted by Gasteiger charge is -2.39. The third kappa shape index (κ3) is 4.08. The topological polar surface area (TPSA) is 26.8 Å². The third-order valence-corrected chi connectivity index (χ3v) is 6.87. The number of rotatable bonds is 4. The van der Waals surface area contributed by atoms with Crippen molar-refractivity contribution in [3.05, 3.63) is 34.9 Å². The Balaban J connectivity index is 1.30. The van der Waals surface area contributed by atoms with Crippen LogP contribution in [0.1, 0.15) is 31.2 Å². The van der Waals surface area contributed by atoms with Gasteiger partial charge in [0.2, 0.25) is 5.91 Å². The summed E-state index contributed by atoms with van der Waals surface area (Å²) >= 11 is 5.97. The van der Waals surface area contributed by atoms with Crippen molar-refractivity contribution in [2.45, 2.75) is 32.2 Å². The molecule has 0 unspecified atom stereocenters. The summed E-state index contributed by atoms with van der Waals surface area (Å²) in [6.45, 7) is 7.68. The smallest absolute Gasteiger partial charge is 0.223 e. The van der Waals surface area contributed by atoms with E-state index in [0.717, 1.165) is 43.5 Å². The molecule has 3 aliphatic rings. The van der Waals surface area contributed by atoms with Crippen molar-refractivity contribution in [1.29, 1.82) is 0 Å². The van der Waals surface area contributed by atoms with E-state index in [-0.39, 0.29) is 5.41 Å². The van der Waals surface area contributed by atoms with Gasteiger partial charge in [-0.3, -0.25) is 4.79 Å². The predicted molar refractivity (Wildman–Crippen MR) is 105 cm³/mol. The van der Waals surface area contributed by atoms with E-state index in [2.05, 4.69) is 21.7 Å². The predicted octanol–water partition coefficient (Wildman–Crippen LogP) is 3.11. The van der Waals surface area contributed by atoms with Gasteiger partial charge in [-0.2, -0.15) is 0 Å². The average Bonchev–Trinajstić information content (AvgIpc) is 3.16. The summed E-state index contributed by atoms with van der Waals surface area (Å²) in [6, 6.07) is 7.88. The highest BCUT2D eigenvalue weighted by molar-refractivity contribution is 6.30. The summed E-state index contributed by atoms with van der Waals surface area (Å²) in [5, 5.41) is 0.749. The van der Waals surface area contributed by atoms with Crippen molar-refractivity contribution in [2.75, 3.05) is 46.3 Å². The molecular formula is C21H30ClN3O. The normalized spacial score (nSPS) is 26.9. The summed E-state index contributed by atoms with van der Waals surface area (Å²) in [5.41, 5.74) is 1.38. The molecule has 0 aromatic heterocycles. The van der Waals surface area contributed by atoms with Crippen molar-refractivity contribution in [1.82, 2.24) is 14.7 Å². The second kappa shape index (κ2) is 7.49. The highest BCUT2D eigenvalue weighted by Crippen LogP contribution is 2.41. The lowest BCUT2D eigenvalue weighted by molar-refractivity contribution is -0.128. The SMILES string of the molecule is CN1CC[C@H](CN2CCC3(CC2)CC(=O)N(Cc2ccc(Cl)cc2)C3)C1. The molecule has 3 aliphatic heterocycles. The van der Waals surface area contributed by atoms with Gasteiger partial charge in [-0.25, -0.2) is 0 Å². The van der Waals surface area contributed by atoms with Crippen molar-refractivity contribution in [3.63, 3.8) is 0 Å². The molecule has 0 aliphatic carbocycles. The van der Waals surface area contributed by atoms with Crippen molar-refractivity contribution < 1.29 is 4.79 Å². The van der Waals surface area contributed by atoms with Gasteiger partial charge in [-0.15, -0.1) is 0 Å². The summed E-state index contributed by atoms with van der Waals surface area (Å²) in [6.07, 6.45) is 4.41. The molecule has 0 N–H and O–H groups in total. The van der Waals surface area contributed by atoms with Crippen molar-refractivity contribution >= 4 is 17.5 Å². The van der Waals surface area contributed by atoms with Crippen LogP contribution in [0.25, 0.3) is 0 Å². The van der Waals surface area contributed by atoms with Gasteiger partial charge in [0.25, 0.3) is 0 Å². The summed E-state index contributed by atoms with van der Waals surface area (Å²) in [7, 11) is 2.23. The number of halogens is 1. The minimum absolute atomic E-state index is 0.215. The fourth-order valence-electron chi connectivity index (χ4n) is 5.02. The van der Waals surface area contributed by atoms with Crippen LogP contribution in [0, 0.1) is 11.3 Å². The number of carbonyl (C=O) groups excluding carboxylic acids is 1. The van der Waals surface area contributed by atoms with E-state index in [9.17, 15) is 4.79 Å². The van der Waals surface area contributed by atoms with Gasteiger partial charge in [-0.05, 0) is 75.0 Å². The Morgan fingerprint density at radius 1 is 1.15 bits per heavy atom. The lowest BCUT2D eigenvalue weighted by atomic mass is 9.77. The maximum atomic E-state index is 12.6. The molecule has 4 rings (SSSR count). The molecular weight excluding hydrogens is 346 g/mol. The zero-order valence-electron chi connectivity index (χ0n) is 15.8. The van der Waals surface area contributed by atoms with Gasteiger partial charge in [0.05, 0.1) is 0 Å². The first-order chi connectivity index (χ1) is 12.5. The molecule has 3 fully saturated rings. The Morgan fingerprint density at radius 3 is 2.54 bits per heavy atom. The molecule has 5 heteroatoms. The van der Waals surface area contributed by atoms with Crippen molar-refractivity contribution in [3.8, 4) is 0 Å². The second-order valence-corrected chi connectivity index (χ2v) is 9.21. The van der Waals surface area contributed by atoms with E-state index in [1.54, 1.807) is 0 Å². The number of amides is 1. The van der Waals surface area contributed by atoms with Crippen LogP contribution in [0.5, 0.6) is 0 Å². The average molecular weight is 376 g/mol. The van der Waals surface area contributed by atoms with Crippen LogP contribution in [0.3, 0.4) is 0 Å². The first kappa shape index (κ1) is 18.3. The second-order valence-electron chi connectivity index (χ2n) is 8.77. The molecule has 1 amide bonds. The number of hydrogen-bond donors (Lipinski definition) is 0. The molecule has 1 aromatic carbocycles. The Kier molecular flexibility index (Phi) is 5.27. The highest BCUT2D eigenvalue weighted by atomic mass is 35.5. The Labute approximate surface area is 162 Å². The summed E-state index contributed by atoms with van der Waals surface area (Å²) < 4.78 is 0. The number of hydrogen-bond acceptors (Lipinski definition) is 3. The van der Waals surface area contributed by atoms with Gasteiger partial charge in [0.1, 0.15) is 0 Å². The molecule has 1 aromatic rings. The van der Waals surface area contributed by atoms with E-state index < -0.39 is 0 Å². The van der Waals surface area contributed by atoms with Gasteiger partial charge in [0, 0.05) is 37.6 Å². The molecule has 3 heterocycles. The minimum Gasteiger partial charge on any atom is -0.338 e. The summed E-state index contributed by atoms with van der Waals surface area (Å²) in [5.74, 6) is 1.16. The molecule has 0 saturated carbocycles. The molecule has 0 radical (unpaired) electrons. The van der Waals surface area contributed by atoms with E-state index in [4.69, 9.17) is 11.6 Å². The van der Waals surface area contributed by atoms with Crippen LogP contribution >= 0.6 is 11.6 Å². The molecule has 1 atom stereocenters. The van der Waals surface area contributed by atoms with Crippen LogP contribution in [0.4, 0.5) is 0 Å². The molecule has 26 heavy (non-hydrogen) atoms. The highest BCUT2D eigenvalue weighted by Gasteiger charge is 2.44.